The Hall–Kier alpha value is -0.880. The first-order valence-corrected chi connectivity index (χ1v) is 8.16. The highest BCUT2D eigenvalue weighted by atomic mass is 32.1. The standard InChI is InChI=1S/C14H24N4OS/c1-17(10-12-8-4-5-9-19-12)13-15-16-14(20)18(13)11-6-2-3-7-11/h11-12H,2-10H2,1H3,(H,16,20). The van der Waals surface area contributed by atoms with Crippen molar-refractivity contribution in [2.24, 2.45) is 0 Å². The lowest BCUT2D eigenvalue weighted by molar-refractivity contribution is 0.0213. The Labute approximate surface area is 125 Å². The van der Waals surface area contributed by atoms with Crippen LogP contribution >= 0.6 is 12.2 Å². The first kappa shape index (κ1) is 14.1. The van der Waals surface area contributed by atoms with Gasteiger partial charge in [0, 0.05) is 26.2 Å². The molecule has 1 aliphatic carbocycles. The van der Waals surface area contributed by atoms with Crippen molar-refractivity contribution in [2.45, 2.75) is 57.1 Å². The van der Waals surface area contributed by atoms with Crippen molar-refractivity contribution >= 4 is 18.2 Å². The van der Waals surface area contributed by atoms with E-state index >= 15 is 0 Å². The fourth-order valence-corrected chi connectivity index (χ4v) is 3.67. The molecule has 0 spiro atoms. The van der Waals surface area contributed by atoms with E-state index in [0.29, 0.717) is 12.1 Å². The Kier molecular flexibility index (Phi) is 4.41. The quantitative estimate of drug-likeness (QED) is 0.867. The van der Waals surface area contributed by atoms with Gasteiger partial charge in [-0.2, -0.15) is 0 Å². The van der Waals surface area contributed by atoms with Gasteiger partial charge in [-0.25, -0.2) is 5.10 Å². The largest absolute Gasteiger partial charge is 0.376 e. The molecule has 0 radical (unpaired) electrons. The summed E-state index contributed by atoms with van der Waals surface area (Å²) in [6.45, 7) is 1.79. The van der Waals surface area contributed by atoms with Gasteiger partial charge in [-0.05, 0) is 44.3 Å². The number of ether oxygens (including phenoxy) is 1. The molecule has 1 saturated carbocycles. The lowest BCUT2D eigenvalue weighted by atomic mass is 10.1. The summed E-state index contributed by atoms with van der Waals surface area (Å²) in [6.07, 6.45) is 8.98. The van der Waals surface area contributed by atoms with Crippen LogP contribution in [-0.2, 0) is 4.74 Å². The van der Waals surface area contributed by atoms with E-state index < -0.39 is 0 Å². The summed E-state index contributed by atoms with van der Waals surface area (Å²) in [6, 6.07) is 0.519. The maximum absolute atomic E-state index is 5.83. The van der Waals surface area contributed by atoms with Gasteiger partial charge in [0.15, 0.2) is 4.77 Å². The SMILES string of the molecule is CN(CC1CCCCO1)c1n[nH]c(=S)n1C1CCCC1. The number of H-pyrrole nitrogens is 1. The van der Waals surface area contributed by atoms with Crippen molar-refractivity contribution in [3.05, 3.63) is 4.77 Å². The molecule has 1 atom stereocenters. The van der Waals surface area contributed by atoms with E-state index in [2.05, 4.69) is 26.7 Å². The van der Waals surface area contributed by atoms with E-state index in [9.17, 15) is 0 Å². The van der Waals surface area contributed by atoms with Crippen LogP contribution in [0.4, 0.5) is 5.95 Å². The number of aromatic amines is 1. The molecule has 1 N–H and O–H groups in total. The van der Waals surface area contributed by atoms with Gasteiger partial charge < -0.3 is 9.64 Å². The van der Waals surface area contributed by atoms with Crippen LogP contribution in [0.5, 0.6) is 0 Å². The Morgan fingerprint density at radius 1 is 1.30 bits per heavy atom. The summed E-state index contributed by atoms with van der Waals surface area (Å²) < 4.78 is 8.79. The number of aromatic nitrogens is 3. The smallest absolute Gasteiger partial charge is 0.225 e. The number of hydrogen-bond donors (Lipinski definition) is 1. The zero-order chi connectivity index (χ0) is 13.9. The highest BCUT2D eigenvalue weighted by Gasteiger charge is 2.24. The molecule has 1 unspecified atom stereocenters. The van der Waals surface area contributed by atoms with Crippen LogP contribution in [0, 0.1) is 4.77 Å². The van der Waals surface area contributed by atoms with Gasteiger partial charge >= 0.3 is 0 Å². The number of likely N-dealkylation sites (N-methyl/N-ethyl adjacent to an activating group) is 1. The van der Waals surface area contributed by atoms with Crippen LogP contribution in [0.1, 0.15) is 51.0 Å². The Bertz CT molecular complexity index is 486. The average molecular weight is 296 g/mol. The highest BCUT2D eigenvalue weighted by Crippen LogP contribution is 2.32. The second-order valence-corrected chi connectivity index (χ2v) is 6.39. The molecule has 0 aromatic carbocycles. The van der Waals surface area contributed by atoms with Gasteiger partial charge in [-0.15, -0.1) is 5.10 Å². The van der Waals surface area contributed by atoms with E-state index in [-0.39, 0.29) is 0 Å². The van der Waals surface area contributed by atoms with E-state index in [0.717, 1.165) is 30.3 Å². The highest BCUT2D eigenvalue weighted by molar-refractivity contribution is 7.71. The number of nitrogens with zero attached hydrogens (tertiary/aromatic N) is 3. The lowest BCUT2D eigenvalue weighted by Gasteiger charge is -2.28. The third-order valence-corrected chi connectivity index (χ3v) is 4.76. The van der Waals surface area contributed by atoms with Gasteiger partial charge in [-0.1, -0.05) is 12.8 Å². The molecule has 1 aromatic heterocycles. The average Bonchev–Trinajstić information content (AvgIpc) is 3.08. The maximum Gasteiger partial charge on any atom is 0.225 e. The molecule has 5 nitrogen and oxygen atoms in total. The predicted octanol–water partition coefficient (Wildman–Crippen LogP) is 3.06. The third kappa shape index (κ3) is 2.91. The Morgan fingerprint density at radius 2 is 2.05 bits per heavy atom. The van der Waals surface area contributed by atoms with Crippen molar-refractivity contribution < 1.29 is 4.74 Å². The Morgan fingerprint density at radius 3 is 2.75 bits per heavy atom. The van der Waals surface area contributed by atoms with Crippen LogP contribution in [0.3, 0.4) is 0 Å². The van der Waals surface area contributed by atoms with Crippen molar-refractivity contribution in [2.75, 3.05) is 25.1 Å². The molecule has 3 rings (SSSR count). The summed E-state index contributed by atoms with van der Waals surface area (Å²) >= 11 is 5.42. The predicted molar refractivity (Wildman–Crippen MR) is 81.8 cm³/mol. The van der Waals surface area contributed by atoms with Crippen molar-refractivity contribution in [1.82, 2.24) is 14.8 Å². The van der Waals surface area contributed by atoms with Crippen LogP contribution in [0.2, 0.25) is 0 Å². The maximum atomic E-state index is 5.83. The van der Waals surface area contributed by atoms with Gasteiger partial charge in [0.25, 0.3) is 0 Å². The molecule has 2 fully saturated rings. The van der Waals surface area contributed by atoms with E-state index in [1.807, 2.05) is 0 Å². The second kappa shape index (κ2) is 6.26. The van der Waals surface area contributed by atoms with Crippen LogP contribution in [-0.4, -0.2) is 41.1 Å². The molecule has 0 bridgehead atoms. The van der Waals surface area contributed by atoms with E-state index in [1.165, 1.54) is 38.5 Å². The van der Waals surface area contributed by atoms with Crippen molar-refractivity contribution in [3.8, 4) is 0 Å². The van der Waals surface area contributed by atoms with Crippen LogP contribution in [0.25, 0.3) is 0 Å². The Balaban J connectivity index is 1.73. The lowest BCUT2D eigenvalue weighted by Crippen LogP contribution is -2.35. The molecular weight excluding hydrogens is 272 g/mol. The molecule has 2 heterocycles. The van der Waals surface area contributed by atoms with E-state index in [4.69, 9.17) is 17.0 Å². The molecule has 1 saturated heterocycles. The minimum atomic E-state index is 0.330. The normalized spacial score (nSPS) is 24.1. The third-order valence-electron chi connectivity index (χ3n) is 4.47. The summed E-state index contributed by atoms with van der Waals surface area (Å²) in [4.78, 5) is 2.20. The fraction of sp³-hybridized carbons (Fsp3) is 0.857. The number of hydrogen-bond acceptors (Lipinski definition) is 4. The topological polar surface area (TPSA) is 46.1 Å². The molecule has 112 valence electrons. The van der Waals surface area contributed by atoms with Gasteiger partial charge in [0.05, 0.1) is 6.10 Å². The first-order chi connectivity index (χ1) is 9.75. The zero-order valence-electron chi connectivity index (χ0n) is 12.2. The van der Waals surface area contributed by atoms with Gasteiger partial charge in [-0.3, -0.25) is 4.57 Å². The van der Waals surface area contributed by atoms with Crippen molar-refractivity contribution in [1.29, 1.82) is 0 Å². The number of nitrogens with one attached hydrogen (secondary N) is 1. The monoisotopic (exact) mass is 296 g/mol. The molecule has 1 aliphatic heterocycles. The molecule has 0 amide bonds. The minimum Gasteiger partial charge on any atom is -0.376 e. The number of anilines is 1. The van der Waals surface area contributed by atoms with Gasteiger partial charge in [0.2, 0.25) is 5.95 Å². The van der Waals surface area contributed by atoms with Crippen molar-refractivity contribution in [3.63, 3.8) is 0 Å². The first-order valence-electron chi connectivity index (χ1n) is 7.75. The van der Waals surface area contributed by atoms with Crippen LogP contribution < -0.4 is 4.90 Å². The van der Waals surface area contributed by atoms with Crippen LogP contribution in [0.15, 0.2) is 0 Å². The zero-order valence-corrected chi connectivity index (χ0v) is 13.0. The molecule has 1 aromatic rings. The molecule has 6 heteroatoms. The van der Waals surface area contributed by atoms with E-state index in [1.54, 1.807) is 0 Å². The minimum absolute atomic E-state index is 0.330. The summed E-state index contributed by atoms with van der Waals surface area (Å²) in [7, 11) is 2.09. The fourth-order valence-electron chi connectivity index (χ4n) is 3.40. The molecular formula is C14H24N4OS. The summed E-state index contributed by atoms with van der Waals surface area (Å²) in [5, 5.41) is 7.41. The van der Waals surface area contributed by atoms with Gasteiger partial charge in [0.1, 0.15) is 0 Å². The summed E-state index contributed by atoms with van der Waals surface area (Å²) in [5.41, 5.74) is 0. The number of rotatable bonds is 4. The summed E-state index contributed by atoms with van der Waals surface area (Å²) in [5.74, 6) is 0.969. The molecule has 2 aliphatic rings. The second-order valence-electron chi connectivity index (χ2n) is 6.01. The molecule has 20 heavy (non-hydrogen) atoms.